The van der Waals surface area contributed by atoms with Crippen molar-refractivity contribution < 1.29 is 18.0 Å². The summed E-state index contributed by atoms with van der Waals surface area (Å²) in [6.45, 7) is 1.67. The van der Waals surface area contributed by atoms with Crippen LogP contribution in [0.1, 0.15) is 59.6 Å². The second-order valence-corrected chi connectivity index (χ2v) is 8.71. The van der Waals surface area contributed by atoms with Crippen LogP contribution in [-0.2, 0) is 0 Å². The molecule has 2 saturated carbocycles. The second-order valence-electron chi connectivity index (χ2n) is 8.71. The summed E-state index contributed by atoms with van der Waals surface area (Å²) in [7, 11) is 0. The predicted molar refractivity (Wildman–Crippen MR) is 115 cm³/mol. The van der Waals surface area contributed by atoms with E-state index in [1.54, 1.807) is 16.8 Å². The molecule has 0 aliphatic heterocycles. The molecule has 1 aromatic carbocycles. The highest BCUT2D eigenvalue weighted by Crippen LogP contribution is 2.40. The maximum absolute atomic E-state index is 12.6. The molecule has 9 heteroatoms. The molecule has 2 N–H and O–H groups in total. The van der Waals surface area contributed by atoms with Crippen molar-refractivity contribution in [2.24, 2.45) is 0 Å². The van der Waals surface area contributed by atoms with E-state index >= 15 is 0 Å². The number of carbonyl (C=O) groups is 1. The summed E-state index contributed by atoms with van der Waals surface area (Å²) in [6, 6.07) is 7.69. The topological polar surface area (TPSA) is 71.3 Å². The molecule has 2 aromatic heterocycles. The first-order valence-corrected chi connectivity index (χ1v) is 10.9. The van der Waals surface area contributed by atoms with E-state index in [1.807, 2.05) is 25.1 Å². The van der Waals surface area contributed by atoms with E-state index in [0.29, 0.717) is 22.8 Å². The van der Waals surface area contributed by atoms with Gasteiger partial charge in [-0.2, -0.15) is 18.3 Å². The van der Waals surface area contributed by atoms with Crippen molar-refractivity contribution in [3.63, 3.8) is 0 Å². The normalized spacial score (nSPS) is 16.4. The molecule has 0 atom stereocenters. The van der Waals surface area contributed by atoms with Crippen molar-refractivity contribution in [3.8, 4) is 11.3 Å². The van der Waals surface area contributed by atoms with E-state index in [4.69, 9.17) is 5.10 Å². The Morgan fingerprint density at radius 3 is 2.62 bits per heavy atom. The highest BCUT2D eigenvalue weighted by atomic mass is 19.4. The fourth-order valence-electron chi connectivity index (χ4n) is 3.80. The molecule has 2 aliphatic carbocycles. The molecule has 2 heterocycles. The number of aryl methyl sites for hydroxylation is 1. The Hall–Kier alpha value is -3.10. The number of nitrogens with one attached hydrogen (secondary N) is 2. The van der Waals surface area contributed by atoms with Gasteiger partial charge in [0.1, 0.15) is 0 Å². The molecule has 0 radical (unpaired) electrons. The fraction of sp³-hybridized carbons (Fsp3) is 0.435. The Bertz CT molecular complexity index is 1180. The monoisotopic (exact) mass is 443 g/mol. The molecule has 0 unspecified atom stereocenters. The molecule has 32 heavy (non-hydrogen) atoms. The van der Waals surface area contributed by atoms with E-state index in [9.17, 15) is 18.0 Å². The van der Waals surface area contributed by atoms with Crippen molar-refractivity contribution >= 4 is 17.2 Å². The third-order valence-electron chi connectivity index (χ3n) is 5.89. The van der Waals surface area contributed by atoms with Gasteiger partial charge in [0.2, 0.25) is 0 Å². The number of hydrogen-bond donors (Lipinski definition) is 2. The Morgan fingerprint density at radius 2 is 1.97 bits per heavy atom. The number of anilines is 1. The summed E-state index contributed by atoms with van der Waals surface area (Å²) in [6.07, 6.45) is 0.631. The first kappa shape index (κ1) is 20.8. The lowest BCUT2D eigenvalue weighted by molar-refractivity contribution is -0.131. The van der Waals surface area contributed by atoms with Crippen LogP contribution in [0.25, 0.3) is 16.9 Å². The van der Waals surface area contributed by atoms with Gasteiger partial charge in [0.05, 0.1) is 29.7 Å². The van der Waals surface area contributed by atoms with Crippen molar-refractivity contribution in [1.29, 1.82) is 0 Å². The molecule has 0 spiro atoms. The Kier molecular flexibility index (Phi) is 5.06. The third kappa shape index (κ3) is 4.42. The minimum Gasteiger partial charge on any atom is -0.382 e. The van der Waals surface area contributed by atoms with Crippen molar-refractivity contribution in [2.45, 2.75) is 57.2 Å². The smallest absolute Gasteiger partial charge is 0.382 e. The highest BCUT2D eigenvalue weighted by molar-refractivity contribution is 5.96. The quantitative estimate of drug-likeness (QED) is 0.548. The SMILES string of the molecule is Cc1cc(-c2cnc3c(NCCC(F)(F)F)cc(C4CC4)nn23)ccc1C(=O)NC1CC1. The van der Waals surface area contributed by atoms with Gasteiger partial charge in [-0.25, -0.2) is 9.50 Å². The molecule has 1 amide bonds. The number of imidazole rings is 1. The lowest BCUT2D eigenvalue weighted by Crippen LogP contribution is -2.26. The van der Waals surface area contributed by atoms with E-state index < -0.39 is 12.6 Å². The zero-order chi connectivity index (χ0) is 22.5. The van der Waals surface area contributed by atoms with Gasteiger partial charge in [-0.15, -0.1) is 0 Å². The van der Waals surface area contributed by atoms with Crippen LogP contribution in [0.3, 0.4) is 0 Å². The van der Waals surface area contributed by atoms with Gasteiger partial charge in [-0.1, -0.05) is 6.07 Å². The van der Waals surface area contributed by atoms with Crippen LogP contribution in [0.15, 0.2) is 30.5 Å². The molecule has 168 valence electrons. The van der Waals surface area contributed by atoms with Crippen molar-refractivity contribution in [1.82, 2.24) is 19.9 Å². The number of carbonyl (C=O) groups excluding carboxylic acids is 1. The molecular weight excluding hydrogens is 419 g/mol. The van der Waals surface area contributed by atoms with Gasteiger partial charge in [0.15, 0.2) is 5.65 Å². The summed E-state index contributed by atoms with van der Waals surface area (Å²) in [5.41, 5.74) is 4.95. The number of rotatable bonds is 7. The number of alkyl halides is 3. The fourth-order valence-corrected chi connectivity index (χ4v) is 3.80. The molecule has 6 nitrogen and oxygen atoms in total. The molecule has 2 aliphatic rings. The predicted octanol–water partition coefficient (Wildman–Crippen LogP) is 4.84. The largest absolute Gasteiger partial charge is 0.390 e. The van der Waals surface area contributed by atoms with E-state index in [2.05, 4.69) is 15.6 Å². The molecular formula is C23H24F3N5O. The van der Waals surface area contributed by atoms with Crippen LogP contribution in [0, 0.1) is 6.92 Å². The van der Waals surface area contributed by atoms with Crippen molar-refractivity contribution in [3.05, 3.63) is 47.3 Å². The second kappa shape index (κ2) is 7.79. The minimum atomic E-state index is -4.22. The first-order chi connectivity index (χ1) is 15.3. The number of halogens is 3. The van der Waals surface area contributed by atoms with E-state index in [0.717, 1.165) is 48.2 Å². The maximum Gasteiger partial charge on any atom is 0.390 e. The number of amides is 1. The molecule has 5 rings (SSSR count). The summed E-state index contributed by atoms with van der Waals surface area (Å²) >= 11 is 0. The Labute approximate surface area is 183 Å². The highest BCUT2D eigenvalue weighted by Gasteiger charge is 2.29. The zero-order valence-electron chi connectivity index (χ0n) is 17.7. The maximum atomic E-state index is 12.6. The summed E-state index contributed by atoms with van der Waals surface area (Å²) in [4.78, 5) is 16.9. The number of nitrogens with zero attached hydrogens (tertiary/aromatic N) is 3. The van der Waals surface area contributed by atoms with Gasteiger partial charge < -0.3 is 10.6 Å². The van der Waals surface area contributed by atoms with Crippen molar-refractivity contribution in [2.75, 3.05) is 11.9 Å². The van der Waals surface area contributed by atoms with Crippen LogP contribution >= 0.6 is 0 Å². The van der Waals surface area contributed by atoms with Crippen LogP contribution in [-0.4, -0.2) is 39.3 Å². The average Bonchev–Trinajstić information content (AvgIpc) is 3.65. The molecule has 0 saturated heterocycles. The summed E-state index contributed by atoms with van der Waals surface area (Å²) in [5, 5.41) is 10.6. The van der Waals surface area contributed by atoms with Crippen LogP contribution in [0.5, 0.6) is 0 Å². The molecule has 2 fully saturated rings. The van der Waals surface area contributed by atoms with E-state index in [-0.39, 0.29) is 18.5 Å². The molecule has 0 bridgehead atoms. The van der Waals surface area contributed by atoms with Gasteiger partial charge in [-0.05, 0) is 56.4 Å². The van der Waals surface area contributed by atoms with Gasteiger partial charge in [0, 0.05) is 29.6 Å². The summed E-state index contributed by atoms with van der Waals surface area (Å²) in [5.74, 6) is 0.257. The average molecular weight is 443 g/mol. The lowest BCUT2D eigenvalue weighted by Gasteiger charge is -2.12. The molecule has 3 aromatic rings. The van der Waals surface area contributed by atoms with Crippen LogP contribution < -0.4 is 10.6 Å². The van der Waals surface area contributed by atoms with Gasteiger partial charge >= 0.3 is 6.18 Å². The standard InChI is InChI=1S/C23H24F3N5O/c1-13-10-15(4-7-17(13)22(32)29-16-5-6-16)20-12-28-21-19(27-9-8-23(24,25)26)11-18(14-2-3-14)30-31(20)21/h4,7,10-12,14,16,27H,2-3,5-6,8-9H2,1H3,(H,29,32). The van der Waals surface area contributed by atoms with Gasteiger partial charge in [0.25, 0.3) is 5.91 Å². The summed E-state index contributed by atoms with van der Waals surface area (Å²) < 4.78 is 39.5. The first-order valence-electron chi connectivity index (χ1n) is 10.9. The van der Waals surface area contributed by atoms with E-state index in [1.165, 1.54) is 0 Å². The lowest BCUT2D eigenvalue weighted by atomic mass is 10.0. The number of hydrogen-bond acceptors (Lipinski definition) is 4. The minimum absolute atomic E-state index is 0.0695. The zero-order valence-corrected chi connectivity index (χ0v) is 17.7. The number of fused-ring (bicyclic) bond motifs is 1. The number of benzene rings is 1. The number of aromatic nitrogens is 3. The van der Waals surface area contributed by atoms with Crippen LogP contribution in [0.2, 0.25) is 0 Å². The Morgan fingerprint density at radius 1 is 1.19 bits per heavy atom. The Balaban J connectivity index is 1.47. The third-order valence-corrected chi connectivity index (χ3v) is 5.89. The van der Waals surface area contributed by atoms with Crippen LogP contribution in [0.4, 0.5) is 18.9 Å². The van der Waals surface area contributed by atoms with Gasteiger partial charge in [-0.3, -0.25) is 4.79 Å².